The zero-order valence-electron chi connectivity index (χ0n) is 16.7. The van der Waals surface area contributed by atoms with Gasteiger partial charge in [0.1, 0.15) is 0 Å². The van der Waals surface area contributed by atoms with Gasteiger partial charge >= 0.3 is 12.1 Å². The molecule has 0 radical (unpaired) electrons. The summed E-state index contributed by atoms with van der Waals surface area (Å²) in [7, 11) is 0. The van der Waals surface area contributed by atoms with E-state index >= 15 is 0 Å². The monoisotopic (exact) mass is 454 g/mol. The van der Waals surface area contributed by atoms with Gasteiger partial charge < -0.3 is 14.7 Å². The van der Waals surface area contributed by atoms with Crippen LogP contribution >= 0.6 is 0 Å². The third-order valence-electron chi connectivity index (χ3n) is 5.05. The Hall–Kier alpha value is -3.15. The van der Waals surface area contributed by atoms with Gasteiger partial charge in [0.15, 0.2) is 0 Å². The molecule has 32 heavy (non-hydrogen) atoms. The molecule has 0 bridgehead atoms. The lowest BCUT2D eigenvalue weighted by Crippen LogP contribution is -2.41. The average molecular weight is 454 g/mol. The molecule has 1 aliphatic rings. The molecule has 0 aromatic carbocycles. The summed E-state index contributed by atoms with van der Waals surface area (Å²) < 4.78 is 68.9. The summed E-state index contributed by atoms with van der Waals surface area (Å²) in [6.07, 6.45) is -1.98. The molecule has 1 aliphatic heterocycles. The normalized spacial score (nSPS) is 16.8. The van der Waals surface area contributed by atoms with Crippen LogP contribution in [0.3, 0.4) is 0 Å². The lowest BCUT2D eigenvalue weighted by Gasteiger charge is -2.31. The Kier molecular flexibility index (Phi) is 6.04. The first-order valence-corrected chi connectivity index (χ1v) is 9.87. The van der Waals surface area contributed by atoms with Crippen molar-refractivity contribution in [3.05, 3.63) is 42.5 Å². The summed E-state index contributed by atoms with van der Waals surface area (Å²) >= 11 is 0. The lowest BCUT2D eigenvalue weighted by atomic mass is 10.1. The maximum Gasteiger partial charge on any atom is 0.471 e. The fraction of sp³-hybridized carbons (Fsp3) is 0.400. The van der Waals surface area contributed by atoms with E-state index in [-0.39, 0.29) is 18.7 Å². The molecule has 4 rings (SSSR count). The summed E-state index contributed by atoms with van der Waals surface area (Å²) in [5.74, 6) is -4.20. The number of hydrogen-bond acceptors (Lipinski definition) is 7. The van der Waals surface area contributed by atoms with Gasteiger partial charge in [-0.1, -0.05) is 5.16 Å². The predicted molar refractivity (Wildman–Crippen MR) is 105 cm³/mol. The minimum absolute atomic E-state index is 0.126. The molecule has 4 heterocycles. The van der Waals surface area contributed by atoms with Crippen molar-refractivity contribution in [1.29, 1.82) is 0 Å². The minimum Gasteiger partial charge on any atom is -0.384 e. The van der Waals surface area contributed by atoms with Crippen LogP contribution in [0.15, 0.2) is 41.2 Å². The second-order valence-electron chi connectivity index (χ2n) is 7.40. The lowest BCUT2D eigenvalue weighted by molar-refractivity contribution is -0.159. The summed E-state index contributed by atoms with van der Waals surface area (Å²) in [5, 5.41) is 6.61. The van der Waals surface area contributed by atoms with Gasteiger partial charge in [-0.25, -0.2) is 8.78 Å². The third-order valence-corrected chi connectivity index (χ3v) is 5.05. The first kappa shape index (κ1) is 22.1. The predicted octanol–water partition coefficient (Wildman–Crippen LogP) is 4.36. The van der Waals surface area contributed by atoms with Gasteiger partial charge in [0.2, 0.25) is 5.82 Å². The zero-order chi connectivity index (χ0) is 22.8. The minimum atomic E-state index is -4.72. The molecule has 1 fully saturated rings. The Balaban J connectivity index is 1.41. The second-order valence-corrected chi connectivity index (χ2v) is 7.40. The summed E-state index contributed by atoms with van der Waals surface area (Å²) in [6.45, 7) is 1.91. The Morgan fingerprint density at radius 2 is 1.72 bits per heavy atom. The number of nitrogens with one attached hydrogen (secondary N) is 1. The Bertz CT molecular complexity index is 1060. The van der Waals surface area contributed by atoms with Gasteiger partial charge in [-0.05, 0) is 24.3 Å². The van der Waals surface area contributed by atoms with Gasteiger partial charge in [-0.2, -0.15) is 18.2 Å². The van der Waals surface area contributed by atoms with Crippen molar-refractivity contribution in [3.8, 4) is 22.8 Å². The molecule has 0 saturated carbocycles. The molecule has 170 valence electrons. The van der Waals surface area contributed by atoms with Gasteiger partial charge in [-0.15, -0.1) is 0 Å². The molecule has 3 aromatic rings. The fourth-order valence-electron chi connectivity index (χ4n) is 3.31. The molecule has 0 amide bonds. The van der Waals surface area contributed by atoms with Crippen LogP contribution in [0.25, 0.3) is 22.8 Å². The van der Waals surface area contributed by atoms with Gasteiger partial charge in [0.25, 0.3) is 5.92 Å². The van der Waals surface area contributed by atoms with Gasteiger partial charge in [-0.3, -0.25) is 9.97 Å². The average Bonchev–Trinajstić information content (AvgIpc) is 3.26. The van der Waals surface area contributed by atoms with Crippen molar-refractivity contribution in [2.24, 2.45) is 0 Å². The molecule has 0 unspecified atom stereocenters. The van der Waals surface area contributed by atoms with Crippen LogP contribution in [-0.2, 0) is 6.18 Å². The van der Waals surface area contributed by atoms with Crippen molar-refractivity contribution in [1.82, 2.24) is 25.0 Å². The zero-order valence-corrected chi connectivity index (χ0v) is 16.7. The van der Waals surface area contributed by atoms with E-state index in [0.717, 1.165) is 5.69 Å². The SMILES string of the molecule is FC1(F)CCN(CCNc2ccnc(-c3cc(-c4noc(C(F)(F)F)n4)ccn3)c2)CC1. The number of pyridine rings is 2. The number of likely N-dealkylation sites (tertiary alicyclic amines) is 1. The van der Waals surface area contributed by atoms with Crippen molar-refractivity contribution >= 4 is 5.69 Å². The highest BCUT2D eigenvalue weighted by Gasteiger charge is 2.38. The van der Waals surface area contributed by atoms with Crippen LogP contribution < -0.4 is 5.32 Å². The highest BCUT2D eigenvalue weighted by atomic mass is 19.4. The van der Waals surface area contributed by atoms with E-state index in [1.54, 1.807) is 18.3 Å². The maximum absolute atomic E-state index is 13.2. The Morgan fingerprint density at radius 1 is 1.03 bits per heavy atom. The number of piperidine rings is 1. The standard InChI is InChI=1S/C20H19F5N6O/c21-19(22)3-8-31(9-4-19)10-7-26-14-2-6-28-16(12-14)15-11-13(1-5-27-15)17-29-18(32-30-17)20(23,24)25/h1-2,5-6,11-12H,3-4,7-10H2,(H,26,28). The van der Waals surface area contributed by atoms with Crippen molar-refractivity contribution in [3.63, 3.8) is 0 Å². The van der Waals surface area contributed by atoms with E-state index in [4.69, 9.17) is 0 Å². The van der Waals surface area contributed by atoms with Crippen molar-refractivity contribution < 1.29 is 26.5 Å². The number of hydrogen-bond donors (Lipinski definition) is 1. The summed E-state index contributed by atoms with van der Waals surface area (Å²) in [4.78, 5) is 13.9. The number of anilines is 1. The highest BCUT2D eigenvalue weighted by molar-refractivity contribution is 5.66. The largest absolute Gasteiger partial charge is 0.471 e. The molecule has 0 spiro atoms. The maximum atomic E-state index is 13.2. The summed E-state index contributed by atoms with van der Waals surface area (Å²) in [5.41, 5.74) is 1.97. The number of aromatic nitrogens is 4. The first-order chi connectivity index (χ1) is 15.2. The van der Waals surface area contributed by atoms with E-state index < -0.39 is 18.0 Å². The number of nitrogens with zero attached hydrogens (tertiary/aromatic N) is 5. The summed E-state index contributed by atoms with van der Waals surface area (Å²) in [6, 6.07) is 6.49. The van der Waals surface area contributed by atoms with E-state index in [1.807, 2.05) is 4.90 Å². The van der Waals surface area contributed by atoms with Crippen LogP contribution in [0.2, 0.25) is 0 Å². The smallest absolute Gasteiger partial charge is 0.384 e. The molecular weight excluding hydrogens is 435 g/mol. The van der Waals surface area contributed by atoms with Crippen molar-refractivity contribution in [2.75, 3.05) is 31.5 Å². The van der Waals surface area contributed by atoms with Crippen molar-refractivity contribution in [2.45, 2.75) is 24.9 Å². The highest BCUT2D eigenvalue weighted by Crippen LogP contribution is 2.30. The molecule has 0 aliphatic carbocycles. The fourth-order valence-corrected chi connectivity index (χ4v) is 3.31. The first-order valence-electron chi connectivity index (χ1n) is 9.87. The number of halogens is 5. The third kappa shape index (κ3) is 5.36. The quantitative estimate of drug-likeness (QED) is 0.555. The van der Waals surface area contributed by atoms with Crippen LogP contribution in [0, 0.1) is 0 Å². The van der Waals surface area contributed by atoms with E-state index in [9.17, 15) is 22.0 Å². The number of rotatable bonds is 6. The molecule has 0 atom stereocenters. The van der Waals surface area contributed by atoms with E-state index in [0.29, 0.717) is 43.1 Å². The van der Waals surface area contributed by atoms with E-state index in [2.05, 4.69) is 29.9 Å². The molecule has 7 nitrogen and oxygen atoms in total. The van der Waals surface area contributed by atoms with Crippen LogP contribution in [0.5, 0.6) is 0 Å². The molecule has 1 saturated heterocycles. The van der Waals surface area contributed by atoms with Gasteiger partial charge in [0, 0.05) is 62.7 Å². The molecule has 3 aromatic heterocycles. The van der Waals surface area contributed by atoms with E-state index in [1.165, 1.54) is 18.3 Å². The number of alkyl halides is 5. The molecule has 12 heteroatoms. The Labute approximate surface area is 179 Å². The van der Waals surface area contributed by atoms with Crippen LogP contribution in [-0.4, -0.2) is 57.1 Å². The topological polar surface area (TPSA) is 80.0 Å². The van der Waals surface area contributed by atoms with Crippen LogP contribution in [0.4, 0.5) is 27.6 Å². The van der Waals surface area contributed by atoms with Crippen LogP contribution in [0.1, 0.15) is 18.7 Å². The van der Waals surface area contributed by atoms with Gasteiger partial charge in [0.05, 0.1) is 11.4 Å². The molecule has 1 N–H and O–H groups in total. The Morgan fingerprint density at radius 3 is 2.41 bits per heavy atom. The molecular formula is C20H19F5N6O. The second kappa shape index (κ2) is 8.77.